The number of fused-ring (bicyclic) bond motifs is 1. The van der Waals surface area contributed by atoms with Crippen LogP contribution in [-0.2, 0) is 11.3 Å². The first-order valence-corrected chi connectivity index (χ1v) is 12.1. The van der Waals surface area contributed by atoms with Crippen molar-refractivity contribution in [3.8, 4) is 11.5 Å². The molecule has 12 heteroatoms. The fourth-order valence-corrected chi connectivity index (χ4v) is 4.27. The smallest absolute Gasteiger partial charge is 0.338 e. The fourth-order valence-electron chi connectivity index (χ4n) is 4.27. The zero-order chi connectivity index (χ0) is 29.3. The van der Waals surface area contributed by atoms with Crippen LogP contribution in [-0.4, -0.2) is 27.6 Å². The van der Waals surface area contributed by atoms with Gasteiger partial charge in [0.05, 0.1) is 26.7 Å². The monoisotopic (exact) mass is 553 g/mol. The zero-order valence-electron chi connectivity index (χ0n) is 21.3. The molecule has 1 heterocycles. The van der Waals surface area contributed by atoms with Gasteiger partial charge in [0.1, 0.15) is 23.7 Å². The Kier molecular flexibility index (Phi) is 6.96. The van der Waals surface area contributed by atoms with Gasteiger partial charge in [0.2, 0.25) is 0 Å². The molecule has 0 aromatic heterocycles. The Morgan fingerprint density at radius 1 is 0.829 bits per heavy atom. The van der Waals surface area contributed by atoms with Crippen molar-refractivity contribution in [1.29, 1.82) is 0 Å². The number of imide groups is 1. The summed E-state index contributed by atoms with van der Waals surface area (Å²) in [6.07, 6.45) is 0. The molecule has 5 rings (SSSR count). The number of hydrogen-bond acceptors (Lipinski definition) is 9. The van der Waals surface area contributed by atoms with Crippen molar-refractivity contribution in [3.63, 3.8) is 0 Å². The normalized spacial score (nSPS) is 12.2. The van der Waals surface area contributed by atoms with Gasteiger partial charge in [0.15, 0.2) is 0 Å². The Bertz CT molecular complexity index is 1730. The Balaban J connectivity index is 1.27. The summed E-state index contributed by atoms with van der Waals surface area (Å²) in [6, 6.07) is 20.5. The Morgan fingerprint density at radius 3 is 2.12 bits per heavy atom. The molecule has 1 aliphatic heterocycles. The largest absolute Gasteiger partial charge is 0.457 e. The van der Waals surface area contributed by atoms with Crippen LogP contribution >= 0.6 is 0 Å². The highest BCUT2D eigenvalue weighted by atomic mass is 16.6. The molecule has 2 amide bonds. The van der Waals surface area contributed by atoms with Crippen molar-refractivity contribution in [2.75, 3.05) is 4.90 Å². The molecule has 0 atom stereocenters. The van der Waals surface area contributed by atoms with Crippen molar-refractivity contribution in [3.05, 3.63) is 133 Å². The highest BCUT2D eigenvalue weighted by molar-refractivity contribution is 6.36. The van der Waals surface area contributed by atoms with Crippen LogP contribution in [0.5, 0.6) is 11.5 Å². The quantitative estimate of drug-likeness (QED) is 0.114. The minimum Gasteiger partial charge on any atom is -0.457 e. The van der Waals surface area contributed by atoms with Crippen molar-refractivity contribution >= 4 is 34.8 Å². The molecule has 0 bridgehead atoms. The molecule has 204 valence electrons. The van der Waals surface area contributed by atoms with Crippen LogP contribution in [0.3, 0.4) is 0 Å². The first-order chi connectivity index (χ1) is 19.6. The third-order valence-corrected chi connectivity index (χ3v) is 6.35. The average molecular weight is 553 g/mol. The molecule has 0 saturated carbocycles. The molecule has 4 aromatic rings. The van der Waals surface area contributed by atoms with Gasteiger partial charge in [-0.2, -0.15) is 0 Å². The predicted octanol–water partition coefficient (Wildman–Crippen LogP) is 5.76. The van der Waals surface area contributed by atoms with Crippen LogP contribution < -0.4 is 9.64 Å². The molecule has 0 N–H and O–H groups in total. The number of esters is 1. The van der Waals surface area contributed by atoms with Gasteiger partial charge in [-0.15, -0.1) is 0 Å². The van der Waals surface area contributed by atoms with Gasteiger partial charge in [-0.3, -0.25) is 29.8 Å². The molecule has 0 aliphatic carbocycles. The number of nitro benzene ring substituents is 2. The van der Waals surface area contributed by atoms with Crippen molar-refractivity contribution in [1.82, 2.24) is 0 Å². The molecular weight excluding hydrogens is 534 g/mol. The van der Waals surface area contributed by atoms with Crippen molar-refractivity contribution in [2.45, 2.75) is 13.5 Å². The third-order valence-electron chi connectivity index (χ3n) is 6.35. The van der Waals surface area contributed by atoms with E-state index in [1.54, 1.807) is 37.3 Å². The number of anilines is 1. The highest BCUT2D eigenvalue weighted by Crippen LogP contribution is 2.35. The summed E-state index contributed by atoms with van der Waals surface area (Å²) >= 11 is 0. The van der Waals surface area contributed by atoms with E-state index < -0.39 is 33.3 Å². The summed E-state index contributed by atoms with van der Waals surface area (Å²) in [5.74, 6) is -1.39. The van der Waals surface area contributed by atoms with E-state index in [1.807, 2.05) is 0 Å². The first kappa shape index (κ1) is 26.7. The van der Waals surface area contributed by atoms with Gasteiger partial charge in [-0.1, -0.05) is 24.3 Å². The highest BCUT2D eigenvalue weighted by Gasteiger charge is 2.42. The molecule has 0 radical (unpaired) electrons. The molecule has 0 spiro atoms. The Hall–Kier alpha value is -5.91. The molecule has 0 fully saturated rings. The molecule has 0 unspecified atom stereocenters. The lowest BCUT2D eigenvalue weighted by Crippen LogP contribution is -2.30. The van der Waals surface area contributed by atoms with Crippen molar-refractivity contribution in [2.24, 2.45) is 0 Å². The number of carbonyl (C=O) groups is 3. The lowest BCUT2D eigenvalue weighted by atomic mass is 10.1. The molecular formula is C29H19N3O9. The van der Waals surface area contributed by atoms with E-state index in [1.165, 1.54) is 48.5 Å². The lowest BCUT2D eigenvalue weighted by Gasteiger charge is -2.17. The lowest BCUT2D eigenvalue weighted by molar-refractivity contribution is -0.385. The molecule has 4 aromatic carbocycles. The van der Waals surface area contributed by atoms with Gasteiger partial charge in [0, 0.05) is 18.2 Å². The fraction of sp³-hybridized carbons (Fsp3) is 0.0690. The van der Waals surface area contributed by atoms with Crippen LogP contribution in [0.15, 0.2) is 84.9 Å². The maximum absolute atomic E-state index is 13.1. The van der Waals surface area contributed by atoms with E-state index in [2.05, 4.69) is 0 Å². The zero-order valence-corrected chi connectivity index (χ0v) is 21.3. The second-order valence-electron chi connectivity index (χ2n) is 8.98. The number of hydrogen-bond donors (Lipinski definition) is 0. The van der Waals surface area contributed by atoms with E-state index >= 15 is 0 Å². The minimum atomic E-state index is -0.845. The number of ether oxygens (including phenoxy) is 2. The summed E-state index contributed by atoms with van der Waals surface area (Å²) in [7, 11) is 0. The van der Waals surface area contributed by atoms with Crippen LogP contribution in [0.4, 0.5) is 17.1 Å². The summed E-state index contributed by atoms with van der Waals surface area (Å²) in [5, 5.41) is 22.2. The predicted molar refractivity (Wildman–Crippen MR) is 144 cm³/mol. The van der Waals surface area contributed by atoms with E-state index in [9.17, 15) is 34.6 Å². The summed E-state index contributed by atoms with van der Waals surface area (Å²) in [4.78, 5) is 60.8. The van der Waals surface area contributed by atoms with Crippen LogP contribution in [0.2, 0.25) is 0 Å². The Morgan fingerprint density at radius 2 is 1.49 bits per heavy atom. The van der Waals surface area contributed by atoms with E-state index in [0.717, 1.165) is 11.0 Å². The number of rotatable bonds is 8. The Labute approximate surface area is 231 Å². The summed E-state index contributed by atoms with van der Waals surface area (Å²) < 4.78 is 11.1. The number of benzene rings is 4. The summed E-state index contributed by atoms with van der Waals surface area (Å²) in [5.41, 5.74) is 0.441. The second-order valence-corrected chi connectivity index (χ2v) is 8.98. The van der Waals surface area contributed by atoms with Gasteiger partial charge < -0.3 is 9.47 Å². The number of amides is 2. The second kappa shape index (κ2) is 10.7. The number of non-ortho nitro benzene ring substituents is 1. The molecule has 1 aliphatic rings. The topological polar surface area (TPSA) is 159 Å². The number of nitro groups is 2. The molecule has 41 heavy (non-hydrogen) atoms. The first-order valence-electron chi connectivity index (χ1n) is 12.1. The number of carbonyl (C=O) groups excluding carboxylic acids is 3. The van der Waals surface area contributed by atoms with Gasteiger partial charge >= 0.3 is 5.97 Å². The van der Waals surface area contributed by atoms with Gasteiger partial charge in [-0.25, -0.2) is 9.69 Å². The minimum absolute atomic E-state index is 0.0529. The summed E-state index contributed by atoms with van der Waals surface area (Å²) in [6.45, 7) is 1.56. The van der Waals surface area contributed by atoms with E-state index in [4.69, 9.17) is 9.47 Å². The maximum Gasteiger partial charge on any atom is 0.338 e. The maximum atomic E-state index is 13.1. The van der Waals surface area contributed by atoms with Crippen LogP contribution in [0, 0.1) is 27.2 Å². The third kappa shape index (κ3) is 5.21. The SMILES string of the molecule is Cc1ccc(C(=O)OCc2ccc(Oc3ccc([N+](=O)[O-])cc3)cc2)cc1N1C(=O)c2cccc([N+](=O)[O-])c2C1=O. The molecule has 0 saturated heterocycles. The van der Waals surface area contributed by atoms with Gasteiger partial charge in [0.25, 0.3) is 23.2 Å². The van der Waals surface area contributed by atoms with E-state index in [-0.39, 0.29) is 34.7 Å². The van der Waals surface area contributed by atoms with Gasteiger partial charge in [-0.05, 0) is 60.5 Å². The standard InChI is InChI=1S/C29H19N3O9/c1-17-5-8-19(15-25(17)30-27(33)23-3-2-4-24(32(38)39)26(23)28(30)34)29(35)40-16-18-6-11-21(12-7-18)41-22-13-9-20(10-14-22)31(36)37/h2-15H,16H2,1H3. The van der Waals surface area contributed by atoms with Crippen LogP contribution in [0.1, 0.15) is 42.2 Å². The average Bonchev–Trinajstić information content (AvgIpc) is 3.22. The van der Waals surface area contributed by atoms with Crippen molar-refractivity contribution < 1.29 is 33.7 Å². The number of nitrogens with zero attached hydrogens (tertiary/aromatic N) is 3. The van der Waals surface area contributed by atoms with E-state index in [0.29, 0.717) is 22.6 Å². The number of aryl methyl sites for hydroxylation is 1. The van der Waals surface area contributed by atoms with Crippen LogP contribution in [0.25, 0.3) is 0 Å². The molecule has 12 nitrogen and oxygen atoms in total.